The van der Waals surface area contributed by atoms with Gasteiger partial charge in [0.15, 0.2) is 0 Å². The molecule has 10 heteroatoms. The Bertz CT molecular complexity index is 1650. The Balaban J connectivity index is 1.21. The normalized spacial score (nSPS) is 26.9. The van der Waals surface area contributed by atoms with Gasteiger partial charge < -0.3 is 40.3 Å². The van der Waals surface area contributed by atoms with Crippen molar-refractivity contribution in [3.05, 3.63) is 120 Å². The van der Waals surface area contributed by atoms with E-state index in [1.165, 1.54) is 24.3 Å². The minimum Gasteiger partial charge on any atom is -0.508 e. The molecule has 0 aliphatic carbocycles. The highest BCUT2D eigenvalue weighted by Crippen LogP contribution is 2.47. The van der Waals surface area contributed by atoms with Crippen molar-refractivity contribution in [2.45, 2.75) is 55.5 Å². The average Bonchev–Trinajstić information content (AvgIpc) is 3.07. The summed E-state index contributed by atoms with van der Waals surface area (Å²) >= 11 is 0. The summed E-state index contributed by atoms with van der Waals surface area (Å²) in [6, 6.07) is 26.7. The van der Waals surface area contributed by atoms with Gasteiger partial charge in [-0.15, -0.1) is 0 Å². The van der Waals surface area contributed by atoms with E-state index in [0.717, 1.165) is 16.7 Å². The first-order valence-electron chi connectivity index (χ1n) is 15.2. The molecule has 46 heavy (non-hydrogen) atoms. The molecule has 3 unspecified atom stereocenters. The third-order valence-corrected chi connectivity index (χ3v) is 9.04. The molecule has 9 nitrogen and oxygen atoms in total. The number of hydrogen-bond acceptors (Lipinski definition) is 8. The number of carbonyl (C=O) groups is 1. The predicted octanol–water partition coefficient (Wildman–Crippen LogP) is 3.93. The summed E-state index contributed by atoms with van der Waals surface area (Å²) in [4.78, 5) is 15.3. The van der Waals surface area contributed by atoms with Gasteiger partial charge in [-0.3, -0.25) is 4.79 Å². The van der Waals surface area contributed by atoms with Crippen LogP contribution in [0.4, 0.5) is 10.1 Å². The molecule has 6 N–H and O–H groups in total. The minimum atomic E-state index is -1.48. The van der Waals surface area contributed by atoms with Crippen LogP contribution in [0.2, 0.25) is 0 Å². The van der Waals surface area contributed by atoms with E-state index in [4.69, 9.17) is 4.74 Å². The zero-order valence-electron chi connectivity index (χ0n) is 24.8. The zero-order chi connectivity index (χ0) is 32.5. The molecule has 0 bridgehead atoms. The van der Waals surface area contributed by atoms with E-state index < -0.39 is 49.1 Å². The average molecular weight is 630 g/mol. The molecule has 4 aromatic rings. The number of aliphatic hydroxyl groups is 5. The largest absolute Gasteiger partial charge is 0.508 e. The lowest BCUT2D eigenvalue weighted by molar-refractivity contribution is -0.231. The van der Waals surface area contributed by atoms with Crippen LogP contribution >= 0.6 is 0 Å². The lowest BCUT2D eigenvalue weighted by atomic mass is 9.78. The number of hydrogen-bond donors (Lipinski definition) is 6. The van der Waals surface area contributed by atoms with Crippen molar-refractivity contribution in [2.75, 3.05) is 11.5 Å². The number of amides is 1. The maximum absolute atomic E-state index is 13.6. The summed E-state index contributed by atoms with van der Waals surface area (Å²) in [6.07, 6.45) is -6.42. The zero-order valence-corrected chi connectivity index (χ0v) is 24.8. The van der Waals surface area contributed by atoms with Crippen LogP contribution in [-0.2, 0) is 9.53 Å². The first-order chi connectivity index (χ1) is 22.2. The fourth-order valence-corrected chi connectivity index (χ4v) is 6.45. The lowest BCUT2D eigenvalue weighted by Gasteiger charge is -2.48. The van der Waals surface area contributed by atoms with Crippen LogP contribution in [0.3, 0.4) is 0 Å². The van der Waals surface area contributed by atoms with Gasteiger partial charge in [0.1, 0.15) is 42.1 Å². The number of benzene rings is 4. The molecule has 0 radical (unpaired) electrons. The topological polar surface area (TPSA) is 151 Å². The summed E-state index contributed by atoms with van der Waals surface area (Å²) in [5.41, 5.74) is 4.27. The molecule has 2 aliphatic heterocycles. The van der Waals surface area contributed by atoms with E-state index in [0.29, 0.717) is 29.7 Å². The summed E-state index contributed by atoms with van der Waals surface area (Å²) in [6.45, 7) is -0.515. The van der Waals surface area contributed by atoms with E-state index in [1.54, 1.807) is 47.4 Å². The number of ether oxygens (including phenoxy) is 1. The highest BCUT2D eigenvalue weighted by molar-refractivity contribution is 6.03. The summed E-state index contributed by atoms with van der Waals surface area (Å²) in [7, 11) is 0. The molecule has 2 heterocycles. The maximum Gasteiger partial charge on any atom is 0.233 e. The third-order valence-electron chi connectivity index (χ3n) is 9.04. The van der Waals surface area contributed by atoms with Crippen molar-refractivity contribution in [1.82, 2.24) is 0 Å². The number of aliphatic hydroxyl groups excluding tert-OH is 5. The molecule has 6 rings (SSSR count). The first-order valence-corrected chi connectivity index (χ1v) is 15.2. The number of anilines is 1. The van der Waals surface area contributed by atoms with Crippen molar-refractivity contribution >= 4 is 11.6 Å². The summed E-state index contributed by atoms with van der Waals surface area (Å²) in [5.74, 6) is -0.781. The molecule has 0 spiro atoms. The van der Waals surface area contributed by atoms with Gasteiger partial charge in [0, 0.05) is 5.69 Å². The van der Waals surface area contributed by atoms with Gasteiger partial charge in [0.05, 0.1) is 24.7 Å². The summed E-state index contributed by atoms with van der Waals surface area (Å²) in [5, 5.41) is 61.1. The van der Waals surface area contributed by atoms with Gasteiger partial charge in [-0.25, -0.2) is 4.39 Å². The van der Waals surface area contributed by atoms with Crippen molar-refractivity contribution in [3.8, 4) is 16.9 Å². The van der Waals surface area contributed by atoms with Crippen molar-refractivity contribution in [1.29, 1.82) is 0 Å². The molecule has 2 fully saturated rings. The van der Waals surface area contributed by atoms with Crippen LogP contribution in [0.25, 0.3) is 11.1 Å². The molecule has 0 aromatic heterocycles. The number of carbonyl (C=O) groups excluding carboxylic acids is 1. The first kappa shape index (κ1) is 31.8. The number of phenols is 1. The Kier molecular flexibility index (Phi) is 9.19. The SMILES string of the molecule is O=C1[C@H](CC[C@H](O)c2ccc(F)cc2)[C@@H](c2ccc(O)cc2)N1c1ccc(-c2cccc([C@@H]3OC(CO)[C@@H](O)C(O)C3O)c2)cc1. The number of β-lactam (4-membered cyclic amide) rings is 1. The van der Waals surface area contributed by atoms with Crippen LogP contribution in [0.5, 0.6) is 5.75 Å². The molecule has 4 aromatic carbocycles. The Morgan fingerprint density at radius 1 is 0.804 bits per heavy atom. The molecular weight excluding hydrogens is 593 g/mol. The highest BCUT2D eigenvalue weighted by Gasteiger charge is 2.48. The Morgan fingerprint density at radius 2 is 1.50 bits per heavy atom. The Morgan fingerprint density at radius 3 is 2.17 bits per heavy atom. The predicted molar refractivity (Wildman–Crippen MR) is 167 cm³/mol. The number of phenolic OH excluding ortho intramolecular Hbond substituents is 1. The van der Waals surface area contributed by atoms with Crippen molar-refractivity contribution in [2.24, 2.45) is 5.92 Å². The van der Waals surface area contributed by atoms with Crippen LogP contribution < -0.4 is 4.90 Å². The van der Waals surface area contributed by atoms with Gasteiger partial charge in [0.2, 0.25) is 5.91 Å². The number of aromatic hydroxyl groups is 1. The fourth-order valence-electron chi connectivity index (χ4n) is 6.45. The molecule has 8 atom stereocenters. The lowest BCUT2D eigenvalue weighted by Crippen LogP contribution is -2.55. The molecule has 240 valence electrons. The quantitative estimate of drug-likeness (QED) is 0.153. The second-order valence-electron chi connectivity index (χ2n) is 11.9. The Hall–Kier alpha value is -4.16. The van der Waals surface area contributed by atoms with Gasteiger partial charge in [-0.1, -0.05) is 54.6 Å². The standard InChI is InChI=1S/C36H36FNO8/c37-25-10-4-21(5-11-25)29(41)17-16-28-31(22-8-14-27(40)15-9-22)38(36(28)45)26-12-6-20(7-13-26)23-2-1-3-24(18-23)35-34(44)33(43)32(42)30(19-39)46-35/h1-15,18,28-35,39-44H,16-17,19H2/t28-,29+,30?,31-,32-,33?,34?,35+/m1/s1. The van der Waals surface area contributed by atoms with Gasteiger partial charge in [0.25, 0.3) is 0 Å². The molecule has 1 amide bonds. The highest BCUT2D eigenvalue weighted by atomic mass is 19.1. The maximum atomic E-state index is 13.6. The fraction of sp³-hybridized carbons (Fsp3) is 0.306. The van der Waals surface area contributed by atoms with Gasteiger partial charge >= 0.3 is 0 Å². The Labute approximate surface area is 265 Å². The van der Waals surface area contributed by atoms with Crippen LogP contribution in [0.1, 0.15) is 47.8 Å². The second-order valence-corrected chi connectivity index (χ2v) is 11.9. The van der Waals surface area contributed by atoms with Gasteiger partial charge in [-0.2, -0.15) is 0 Å². The second kappa shape index (κ2) is 13.3. The molecule has 0 saturated carbocycles. The van der Waals surface area contributed by atoms with E-state index in [2.05, 4.69) is 0 Å². The molecule has 2 saturated heterocycles. The van der Waals surface area contributed by atoms with Crippen LogP contribution in [-0.4, -0.2) is 67.6 Å². The summed E-state index contributed by atoms with van der Waals surface area (Å²) < 4.78 is 19.1. The number of rotatable bonds is 9. The number of halogens is 1. The molecule has 2 aliphatic rings. The molecular formula is C36H36FNO8. The smallest absolute Gasteiger partial charge is 0.233 e. The van der Waals surface area contributed by atoms with Crippen molar-refractivity contribution in [3.63, 3.8) is 0 Å². The van der Waals surface area contributed by atoms with E-state index in [9.17, 15) is 39.8 Å². The van der Waals surface area contributed by atoms with E-state index in [1.807, 2.05) is 30.3 Å². The van der Waals surface area contributed by atoms with Crippen LogP contribution in [0, 0.1) is 11.7 Å². The van der Waals surface area contributed by atoms with Crippen LogP contribution in [0.15, 0.2) is 97.1 Å². The van der Waals surface area contributed by atoms with Crippen molar-refractivity contribution < 1.29 is 44.6 Å². The monoisotopic (exact) mass is 629 g/mol. The van der Waals surface area contributed by atoms with E-state index in [-0.39, 0.29) is 23.5 Å². The van der Waals surface area contributed by atoms with E-state index >= 15 is 0 Å². The minimum absolute atomic E-state index is 0.0956. The van der Waals surface area contributed by atoms with Gasteiger partial charge in [-0.05, 0) is 83.1 Å². The number of nitrogens with zero attached hydrogens (tertiary/aromatic N) is 1. The third kappa shape index (κ3) is 6.15.